The summed E-state index contributed by atoms with van der Waals surface area (Å²) in [6, 6.07) is 1.63. The fraction of sp³-hybridized carbons (Fsp3) is 0.476. The summed E-state index contributed by atoms with van der Waals surface area (Å²) in [7, 11) is 0. The van der Waals surface area contributed by atoms with E-state index >= 15 is 0 Å². The zero-order valence-electron chi connectivity index (χ0n) is 17.8. The van der Waals surface area contributed by atoms with Gasteiger partial charge in [0.2, 0.25) is 11.8 Å². The molecule has 7 nitrogen and oxygen atoms in total. The Bertz CT molecular complexity index is 1080. The van der Waals surface area contributed by atoms with Crippen LogP contribution in [0.3, 0.4) is 0 Å². The summed E-state index contributed by atoms with van der Waals surface area (Å²) < 4.78 is 80.5. The number of amides is 2. The van der Waals surface area contributed by atoms with Gasteiger partial charge in [-0.3, -0.25) is 9.59 Å². The lowest BCUT2D eigenvalue weighted by Gasteiger charge is -2.33. The normalized spacial score (nSPS) is 21.2. The zero-order valence-corrected chi connectivity index (χ0v) is 17.8. The number of alkyl halides is 6. The van der Waals surface area contributed by atoms with Crippen molar-refractivity contribution < 1.29 is 41.0 Å². The quantitative estimate of drug-likeness (QED) is 0.479. The van der Waals surface area contributed by atoms with E-state index in [-0.39, 0.29) is 30.3 Å². The van der Waals surface area contributed by atoms with Gasteiger partial charge in [-0.15, -0.1) is 0 Å². The Morgan fingerprint density at radius 1 is 1.18 bits per heavy atom. The number of rotatable bonds is 5. The van der Waals surface area contributed by atoms with E-state index in [1.54, 1.807) is 0 Å². The summed E-state index contributed by atoms with van der Waals surface area (Å²) in [5, 5.41) is 15.9. The molecule has 1 aromatic heterocycles. The fourth-order valence-electron chi connectivity index (χ4n) is 3.88. The van der Waals surface area contributed by atoms with Gasteiger partial charge in [-0.1, -0.05) is 12.1 Å². The molecule has 1 saturated heterocycles. The molecule has 4 atom stereocenters. The van der Waals surface area contributed by atoms with Gasteiger partial charge in [0.1, 0.15) is 11.7 Å². The average molecular weight is 492 g/mol. The molecule has 2 aromatic rings. The van der Waals surface area contributed by atoms with Crippen LogP contribution in [0.15, 0.2) is 24.3 Å². The Hall–Kier alpha value is -2.93. The number of piperidine rings is 1. The van der Waals surface area contributed by atoms with E-state index in [4.69, 9.17) is 5.73 Å². The number of aromatic nitrogens is 1. The number of pyridine rings is 1. The van der Waals surface area contributed by atoms with Crippen LogP contribution in [0.25, 0.3) is 10.9 Å². The zero-order chi connectivity index (χ0) is 25.4. The van der Waals surface area contributed by atoms with Crippen molar-refractivity contribution in [1.82, 2.24) is 15.6 Å². The van der Waals surface area contributed by atoms with Crippen molar-refractivity contribution in [3.05, 3.63) is 41.1 Å². The Kier molecular flexibility index (Phi) is 7.08. The van der Waals surface area contributed by atoms with Crippen LogP contribution in [-0.2, 0) is 21.9 Å². The van der Waals surface area contributed by atoms with Crippen molar-refractivity contribution in [2.75, 3.05) is 6.54 Å². The van der Waals surface area contributed by atoms with Crippen molar-refractivity contribution in [2.24, 2.45) is 11.7 Å². The first-order valence-corrected chi connectivity index (χ1v) is 10.3. The third kappa shape index (κ3) is 5.41. The molecule has 1 aliphatic rings. The molecule has 2 amide bonds. The van der Waals surface area contributed by atoms with Crippen LogP contribution in [0.4, 0.5) is 26.3 Å². The van der Waals surface area contributed by atoms with E-state index < -0.39 is 65.0 Å². The summed E-state index contributed by atoms with van der Waals surface area (Å²) in [5.74, 6) is -1.79. The number of nitrogens with one attached hydrogen (secondary N) is 2. The predicted octanol–water partition coefficient (Wildman–Crippen LogP) is 2.66. The van der Waals surface area contributed by atoms with Gasteiger partial charge in [0, 0.05) is 18.0 Å². The first-order chi connectivity index (χ1) is 15.7. The predicted molar refractivity (Wildman–Crippen MR) is 108 cm³/mol. The number of halogens is 6. The maximum Gasteiger partial charge on any atom is 0.433 e. The van der Waals surface area contributed by atoms with E-state index in [1.807, 2.05) is 0 Å². The average Bonchev–Trinajstić information content (AvgIpc) is 2.76. The number of primary amides is 1. The minimum Gasteiger partial charge on any atom is -0.387 e. The second-order valence-corrected chi connectivity index (χ2v) is 8.16. The minimum atomic E-state index is -5.04. The van der Waals surface area contributed by atoms with Gasteiger partial charge in [0.05, 0.1) is 23.1 Å². The van der Waals surface area contributed by atoms with Crippen LogP contribution >= 0.6 is 0 Å². The molecule has 3 rings (SSSR count). The van der Waals surface area contributed by atoms with E-state index in [9.17, 15) is 41.0 Å². The topological polar surface area (TPSA) is 117 Å². The Labute approximate surface area is 189 Å². The fourth-order valence-corrected chi connectivity index (χ4v) is 3.88. The molecule has 0 radical (unpaired) electrons. The smallest absolute Gasteiger partial charge is 0.387 e. The Balaban J connectivity index is 1.90. The van der Waals surface area contributed by atoms with Crippen LogP contribution in [0.5, 0.6) is 0 Å². The summed E-state index contributed by atoms with van der Waals surface area (Å²) in [6.45, 7) is 1.44. The molecule has 34 heavy (non-hydrogen) atoms. The number of para-hydroxylation sites is 1. The summed E-state index contributed by atoms with van der Waals surface area (Å²) in [5.41, 5.74) is 0.940. The number of hydrogen-bond acceptors (Lipinski definition) is 5. The van der Waals surface area contributed by atoms with Crippen molar-refractivity contribution in [1.29, 1.82) is 0 Å². The molecule has 1 fully saturated rings. The highest BCUT2D eigenvalue weighted by Crippen LogP contribution is 2.40. The maximum atomic E-state index is 13.4. The highest BCUT2D eigenvalue weighted by atomic mass is 19.4. The Morgan fingerprint density at radius 2 is 1.85 bits per heavy atom. The lowest BCUT2D eigenvalue weighted by atomic mass is 9.87. The van der Waals surface area contributed by atoms with Gasteiger partial charge in [-0.05, 0) is 37.5 Å². The molecule has 0 bridgehead atoms. The standard InChI is InChI=1S/C21H22F6N4O3/c1-9(18(28)33)30-19(34)10-5-6-14(29-8-10)17(32)12-7-15(21(25,26)27)31-16-11(12)3-2-4-13(16)20(22,23)24/h2-4,7,9-10,14,17,29,32H,5-6,8H2,1H3,(H2,28,33)(H,30,34). The lowest BCUT2D eigenvalue weighted by Crippen LogP contribution is -2.50. The van der Waals surface area contributed by atoms with Crippen LogP contribution < -0.4 is 16.4 Å². The lowest BCUT2D eigenvalue weighted by molar-refractivity contribution is -0.142. The van der Waals surface area contributed by atoms with E-state index in [0.29, 0.717) is 12.1 Å². The van der Waals surface area contributed by atoms with Crippen molar-refractivity contribution >= 4 is 22.7 Å². The number of fused-ring (bicyclic) bond motifs is 1. The van der Waals surface area contributed by atoms with Crippen molar-refractivity contribution in [3.63, 3.8) is 0 Å². The SMILES string of the molecule is CC(NC(=O)C1CCC(C(O)c2cc(C(F)(F)F)nc3c(C(F)(F)F)cccc23)NC1)C(N)=O. The highest BCUT2D eigenvalue weighted by molar-refractivity contribution is 5.88. The summed E-state index contributed by atoms with van der Waals surface area (Å²) >= 11 is 0. The van der Waals surface area contributed by atoms with Gasteiger partial charge in [0.25, 0.3) is 0 Å². The molecule has 1 aromatic carbocycles. The molecule has 1 aliphatic heterocycles. The number of aliphatic hydroxyl groups is 1. The summed E-state index contributed by atoms with van der Waals surface area (Å²) in [6.07, 6.45) is -11.3. The first kappa shape index (κ1) is 25.7. The van der Waals surface area contributed by atoms with Crippen LogP contribution in [0.1, 0.15) is 42.7 Å². The third-order valence-electron chi connectivity index (χ3n) is 5.78. The van der Waals surface area contributed by atoms with E-state index in [2.05, 4.69) is 15.6 Å². The van der Waals surface area contributed by atoms with Gasteiger partial charge in [0.15, 0.2) is 0 Å². The van der Waals surface area contributed by atoms with E-state index in [0.717, 1.165) is 6.07 Å². The molecular weight excluding hydrogens is 470 g/mol. The molecule has 5 N–H and O–H groups in total. The number of nitrogens with two attached hydrogens (primary N) is 1. The number of nitrogens with zero attached hydrogens (tertiary/aromatic N) is 1. The molecule has 4 unspecified atom stereocenters. The number of carbonyl (C=O) groups excluding carboxylic acids is 2. The van der Waals surface area contributed by atoms with Crippen LogP contribution in [-0.4, -0.2) is 40.5 Å². The van der Waals surface area contributed by atoms with Gasteiger partial charge >= 0.3 is 12.4 Å². The third-order valence-corrected chi connectivity index (χ3v) is 5.78. The number of benzene rings is 1. The number of hydrogen-bond donors (Lipinski definition) is 4. The number of aliphatic hydroxyl groups excluding tert-OH is 1. The van der Waals surface area contributed by atoms with Gasteiger partial charge < -0.3 is 21.5 Å². The molecule has 13 heteroatoms. The molecule has 0 aliphatic carbocycles. The monoisotopic (exact) mass is 492 g/mol. The van der Waals surface area contributed by atoms with Gasteiger partial charge in [-0.2, -0.15) is 26.3 Å². The summed E-state index contributed by atoms with van der Waals surface area (Å²) in [4.78, 5) is 26.6. The molecule has 0 saturated carbocycles. The maximum absolute atomic E-state index is 13.4. The second-order valence-electron chi connectivity index (χ2n) is 8.16. The molecule has 0 spiro atoms. The molecule has 2 heterocycles. The minimum absolute atomic E-state index is 0.0297. The first-order valence-electron chi connectivity index (χ1n) is 10.3. The number of carbonyl (C=O) groups is 2. The van der Waals surface area contributed by atoms with Crippen LogP contribution in [0.2, 0.25) is 0 Å². The largest absolute Gasteiger partial charge is 0.433 e. The molecular formula is C21H22F6N4O3. The van der Waals surface area contributed by atoms with Crippen molar-refractivity contribution in [2.45, 2.75) is 50.3 Å². The van der Waals surface area contributed by atoms with Gasteiger partial charge in [-0.25, -0.2) is 4.98 Å². The van der Waals surface area contributed by atoms with Crippen LogP contribution in [0, 0.1) is 5.92 Å². The highest BCUT2D eigenvalue weighted by Gasteiger charge is 2.39. The second kappa shape index (κ2) is 9.37. The van der Waals surface area contributed by atoms with Crippen molar-refractivity contribution in [3.8, 4) is 0 Å². The van der Waals surface area contributed by atoms with E-state index in [1.165, 1.54) is 13.0 Å². The Morgan fingerprint density at radius 3 is 2.38 bits per heavy atom. The molecule has 186 valence electrons.